The van der Waals surface area contributed by atoms with Crippen molar-refractivity contribution in [2.45, 2.75) is 170 Å². The first-order valence-corrected chi connectivity index (χ1v) is 30.0. The summed E-state index contributed by atoms with van der Waals surface area (Å²) in [6.45, 7) is 40.8. The van der Waals surface area contributed by atoms with Crippen LogP contribution in [0.5, 0.6) is 0 Å². The van der Waals surface area contributed by atoms with Crippen LogP contribution in [0.25, 0.3) is 77.1 Å². The first kappa shape index (κ1) is 59.5. The van der Waals surface area contributed by atoms with Gasteiger partial charge in [0.1, 0.15) is 20.8 Å². The lowest BCUT2D eigenvalue weighted by molar-refractivity contribution is 0.281. The molecule has 3 N–H and O–H groups in total. The molecule has 0 amide bonds. The van der Waals surface area contributed by atoms with Crippen LogP contribution < -0.4 is 0 Å². The highest BCUT2D eigenvalue weighted by Crippen LogP contribution is 2.41. The van der Waals surface area contributed by atoms with E-state index < -0.39 is 0 Å². The molecule has 9 heteroatoms. The summed E-state index contributed by atoms with van der Waals surface area (Å²) in [5.41, 5.74) is 17.0. The van der Waals surface area contributed by atoms with E-state index in [2.05, 4.69) is 285 Å². The third kappa shape index (κ3) is 12.3. The number of hydrogen-bond acceptors (Lipinski definition) is 4. The maximum absolute atomic E-state index is 10.7. The van der Waals surface area contributed by atoms with Crippen LogP contribution in [0.15, 0.2) is 143 Å². The minimum atomic E-state index is -0.0819. The summed E-state index contributed by atoms with van der Waals surface area (Å²) in [6, 6.07) is 48.7. The molecule has 0 radical (unpaired) electrons. The van der Waals surface area contributed by atoms with Crippen molar-refractivity contribution >= 4 is 97.3 Å². The van der Waals surface area contributed by atoms with Crippen molar-refractivity contribution in [2.75, 3.05) is 0 Å². The second kappa shape index (κ2) is 21.6. The Bertz CT molecular complexity index is 3770. The number of benzene rings is 6. The Balaban J connectivity index is 0.000000207. The Morgan fingerprint density at radius 2 is 0.580 bits per heavy atom. The molecule has 0 aliphatic rings. The highest BCUT2D eigenvalue weighted by atomic mass is 79.9. The Morgan fingerprint density at radius 1 is 0.333 bits per heavy atom. The van der Waals surface area contributed by atoms with Crippen LogP contribution in [0.3, 0.4) is 0 Å². The number of hydrogen-bond donors (Lipinski definition) is 3. The van der Waals surface area contributed by atoms with Crippen LogP contribution in [0.2, 0.25) is 0 Å². The minimum Gasteiger partial charge on any atom is -0.392 e. The Morgan fingerprint density at radius 3 is 0.840 bits per heavy atom. The summed E-state index contributed by atoms with van der Waals surface area (Å²) in [6.07, 6.45) is 0. The SMILES string of the molecule is CC(C)(C)c1ccc2[nH]c3ccc(C(C)(C)C)cc3c2c1.CC(C)(C)c1ccc2c(c1)c1cc(C(C)(C)C)ccc1n2-c1cc(CO)cc(-n2c3ccc(C(C)(C)C)cc3c3cc(C(C)(C)C)ccc32)n1.OCc1cc(Br)nc(Br)c1. The number of pyridine rings is 2. The van der Waals surface area contributed by atoms with E-state index in [0.29, 0.717) is 0 Å². The number of aromatic amines is 1. The van der Waals surface area contributed by atoms with E-state index in [1.807, 2.05) is 12.1 Å². The van der Waals surface area contributed by atoms with Gasteiger partial charge in [-0.2, -0.15) is 0 Å². The van der Waals surface area contributed by atoms with Gasteiger partial charge in [-0.05, 0) is 206 Å². The van der Waals surface area contributed by atoms with Crippen molar-refractivity contribution in [2.24, 2.45) is 0 Å². The van der Waals surface area contributed by atoms with Gasteiger partial charge in [-0.15, -0.1) is 0 Å². The van der Waals surface area contributed by atoms with Crippen LogP contribution in [0, 0.1) is 0 Å². The third-order valence-corrected chi connectivity index (χ3v) is 16.6. The normalized spacial score (nSPS) is 12.9. The molecule has 0 saturated carbocycles. The smallest absolute Gasteiger partial charge is 0.140 e. The molecule has 81 heavy (non-hydrogen) atoms. The zero-order valence-electron chi connectivity index (χ0n) is 51.1. The summed E-state index contributed by atoms with van der Waals surface area (Å²) in [5, 5.41) is 27.0. The number of aliphatic hydroxyl groups excluding tert-OH is 2. The minimum absolute atomic E-state index is 0.0166. The second-order valence-corrected chi connectivity index (χ2v) is 30.0. The van der Waals surface area contributed by atoms with Gasteiger partial charge in [-0.25, -0.2) is 9.97 Å². The number of halogens is 2. The first-order valence-electron chi connectivity index (χ1n) is 28.4. The summed E-state index contributed by atoms with van der Waals surface area (Å²) < 4.78 is 6.03. The summed E-state index contributed by atoms with van der Waals surface area (Å²) >= 11 is 6.40. The fraction of sp³-hybridized carbons (Fsp3) is 0.361. The number of nitrogens with one attached hydrogen (secondary N) is 1. The summed E-state index contributed by atoms with van der Waals surface area (Å²) in [7, 11) is 0. The maximum Gasteiger partial charge on any atom is 0.140 e. The van der Waals surface area contributed by atoms with E-state index in [4.69, 9.17) is 10.1 Å². The molecular weight excluding hydrogens is 1130 g/mol. The number of nitrogens with zero attached hydrogens (tertiary/aromatic N) is 4. The third-order valence-electron chi connectivity index (χ3n) is 15.8. The molecule has 0 spiro atoms. The fourth-order valence-corrected chi connectivity index (χ4v) is 11.9. The van der Waals surface area contributed by atoms with Crippen molar-refractivity contribution in [3.05, 3.63) is 187 Å². The Hall–Kier alpha value is -6.10. The van der Waals surface area contributed by atoms with Gasteiger partial charge >= 0.3 is 0 Å². The number of rotatable bonds is 4. The van der Waals surface area contributed by atoms with Gasteiger partial charge in [0.05, 0.1) is 35.3 Å². The molecular formula is C72H83Br2N5O2. The molecule has 0 saturated heterocycles. The largest absolute Gasteiger partial charge is 0.392 e. The van der Waals surface area contributed by atoms with Crippen molar-refractivity contribution in [3.63, 3.8) is 0 Å². The van der Waals surface area contributed by atoms with Crippen LogP contribution in [-0.2, 0) is 45.7 Å². The van der Waals surface area contributed by atoms with E-state index in [-0.39, 0.29) is 45.7 Å². The average molecular weight is 1210 g/mol. The van der Waals surface area contributed by atoms with Crippen molar-refractivity contribution in [1.29, 1.82) is 0 Å². The van der Waals surface area contributed by atoms with Gasteiger partial charge in [-0.3, -0.25) is 9.13 Å². The van der Waals surface area contributed by atoms with Gasteiger partial charge in [-0.1, -0.05) is 161 Å². The zero-order chi connectivity index (χ0) is 59.1. The highest BCUT2D eigenvalue weighted by Gasteiger charge is 2.25. The molecule has 422 valence electrons. The summed E-state index contributed by atoms with van der Waals surface area (Å²) in [4.78, 5) is 13.0. The van der Waals surface area contributed by atoms with Crippen LogP contribution >= 0.6 is 31.9 Å². The van der Waals surface area contributed by atoms with Crippen LogP contribution in [0.4, 0.5) is 0 Å². The summed E-state index contributed by atoms with van der Waals surface area (Å²) in [5.74, 6) is 1.59. The highest BCUT2D eigenvalue weighted by molar-refractivity contribution is 9.11. The van der Waals surface area contributed by atoms with Gasteiger partial charge in [0, 0.05) is 43.4 Å². The molecule has 5 aromatic heterocycles. The van der Waals surface area contributed by atoms with E-state index >= 15 is 0 Å². The van der Waals surface area contributed by atoms with Gasteiger partial charge in [0.2, 0.25) is 0 Å². The standard InChI is InChI=1S/C46H53N3O.C20H25N.C6H5Br2NO/c1-43(2,3)29-13-17-37-33(23-29)34-24-30(44(4,5)6)14-18-38(34)48(37)41-21-28(27-50)22-42(47-41)49-39-19-15-31(45(7,8)9)25-35(39)36-26-32(46(10,11)12)16-20-40(36)49;1-19(2,3)13-7-9-17-15(11-13)16-12-14(20(4,5)6)8-10-18(16)21-17;7-5-1-4(3-10)2-6(8)9-5/h13-26,50H,27H2,1-12H3;7-12,21H,1-6H3;1-2,10H,3H2. The molecule has 5 heterocycles. The van der Waals surface area contributed by atoms with Crippen LogP contribution in [0.1, 0.15) is 169 Å². The lowest BCUT2D eigenvalue weighted by Gasteiger charge is -2.19. The monoisotopic (exact) mass is 1210 g/mol. The van der Waals surface area contributed by atoms with Gasteiger partial charge in [0.15, 0.2) is 0 Å². The molecule has 11 rings (SSSR count). The van der Waals surface area contributed by atoms with Gasteiger partial charge in [0.25, 0.3) is 0 Å². The Labute approximate surface area is 497 Å². The number of fused-ring (bicyclic) bond motifs is 9. The van der Waals surface area contributed by atoms with Crippen LogP contribution in [-0.4, -0.2) is 34.3 Å². The maximum atomic E-state index is 10.7. The second-order valence-electron chi connectivity index (χ2n) is 28.4. The van der Waals surface area contributed by atoms with E-state index in [1.165, 1.54) is 76.7 Å². The fourth-order valence-electron chi connectivity index (χ4n) is 10.7. The lowest BCUT2D eigenvalue weighted by atomic mass is 9.85. The van der Waals surface area contributed by atoms with E-state index in [1.54, 1.807) is 12.1 Å². The van der Waals surface area contributed by atoms with E-state index in [0.717, 1.165) is 54.0 Å². The van der Waals surface area contributed by atoms with E-state index in [9.17, 15) is 5.11 Å². The topological polar surface area (TPSA) is 91.9 Å². The predicted octanol–water partition coefficient (Wildman–Crippen LogP) is 20.0. The quantitative estimate of drug-likeness (QED) is 0.153. The predicted molar refractivity (Wildman–Crippen MR) is 352 cm³/mol. The molecule has 0 unspecified atom stereocenters. The average Bonchev–Trinajstić information content (AvgIpc) is 4.15. The molecule has 0 fully saturated rings. The molecule has 0 aliphatic carbocycles. The molecule has 6 aromatic carbocycles. The molecule has 7 nitrogen and oxygen atoms in total. The molecule has 11 aromatic rings. The zero-order valence-corrected chi connectivity index (χ0v) is 54.2. The number of aliphatic hydroxyl groups is 2. The lowest BCUT2D eigenvalue weighted by Crippen LogP contribution is -2.11. The van der Waals surface area contributed by atoms with Crippen molar-refractivity contribution < 1.29 is 10.2 Å². The molecule has 0 aliphatic heterocycles. The Kier molecular flexibility index (Phi) is 15.9. The molecule has 0 atom stereocenters. The van der Waals surface area contributed by atoms with Crippen molar-refractivity contribution in [3.8, 4) is 11.6 Å². The van der Waals surface area contributed by atoms with Crippen molar-refractivity contribution in [1.82, 2.24) is 24.1 Å². The first-order chi connectivity index (χ1) is 37.6. The van der Waals surface area contributed by atoms with Gasteiger partial charge < -0.3 is 15.2 Å². The number of aromatic nitrogens is 5. The number of H-pyrrole nitrogens is 1. The molecule has 0 bridgehead atoms.